The Labute approximate surface area is 149 Å². The Morgan fingerprint density at radius 1 is 1.31 bits per heavy atom. The van der Waals surface area contributed by atoms with Gasteiger partial charge in [-0.3, -0.25) is 14.8 Å². The number of hydrogen-bond acceptors (Lipinski definition) is 5. The van der Waals surface area contributed by atoms with E-state index in [0.29, 0.717) is 24.5 Å². The highest BCUT2D eigenvalue weighted by molar-refractivity contribution is 6.04. The summed E-state index contributed by atoms with van der Waals surface area (Å²) in [6.45, 7) is 3.17. The molecule has 26 heavy (non-hydrogen) atoms. The van der Waals surface area contributed by atoms with Crippen LogP contribution in [0.25, 0.3) is 0 Å². The van der Waals surface area contributed by atoms with E-state index in [1.807, 2.05) is 0 Å². The van der Waals surface area contributed by atoms with Crippen LogP contribution in [-0.4, -0.2) is 59.7 Å². The van der Waals surface area contributed by atoms with Gasteiger partial charge in [0.2, 0.25) is 0 Å². The minimum atomic E-state index is -0.572. The molecular weight excluding hydrogens is 338 g/mol. The number of ether oxygens (including phenoxy) is 1. The minimum absolute atomic E-state index is 0.0652. The lowest BCUT2D eigenvalue weighted by Gasteiger charge is -2.17. The second-order valence-electron chi connectivity index (χ2n) is 5.75. The van der Waals surface area contributed by atoms with Crippen molar-refractivity contribution in [2.45, 2.75) is 6.92 Å². The largest absolute Gasteiger partial charge is 0.461 e. The fourth-order valence-corrected chi connectivity index (χ4v) is 2.59. The number of hydrogen-bond donors (Lipinski definition) is 2. The zero-order valence-electron chi connectivity index (χ0n) is 14.5. The number of aromatic amines is 1. The molecule has 1 aliphatic heterocycles. The van der Waals surface area contributed by atoms with Gasteiger partial charge in [-0.2, -0.15) is 5.10 Å². The summed E-state index contributed by atoms with van der Waals surface area (Å²) in [7, 11) is 1.74. The molecule has 2 aromatic rings. The number of anilines is 2. The van der Waals surface area contributed by atoms with Crippen LogP contribution in [0.1, 0.15) is 27.9 Å². The average molecular weight is 357 g/mol. The normalized spacial score (nSPS) is 13.8. The first-order chi connectivity index (χ1) is 12.5. The number of esters is 1. The number of aromatic nitrogens is 2. The Hall–Kier alpha value is -3.36. The van der Waals surface area contributed by atoms with E-state index < -0.39 is 11.9 Å². The summed E-state index contributed by atoms with van der Waals surface area (Å²) >= 11 is 0. The molecule has 0 atom stereocenters. The molecule has 1 saturated heterocycles. The van der Waals surface area contributed by atoms with Crippen LogP contribution in [0, 0.1) is 0 Å². The van der Waals surface area contributed by atoms with Crippen LogP contribution in [0.4, 0.5) is 16.2 Å². The van der Waals surface area contributed by atoms with Gasteiger partial charge in [0.1, 0.15) is 5.69 Å². The van der Waals surface area contributed by atoms with Crippen molar-refractivity contribution >= 4 is 29.3 Å². The third-order valence-electron chi connectivity index (χ3n) is 3.94. The molecule has 0 saturated carbocycles. The molecule has 3 amide bonds. The molecule has 3 rings (SSSR count). The molecule has 136 valence electrons. The molecule has 0 bridgehead atoms. The maximum absolute atomic E-state index is 12.3. The molecule has 0 aliphatic carbocycles. The van der Waals surface area contributed by atoms with Crippen LogP contribution < -0.4 is 10.2 Å². The number of H-pyrrole nitrogens is 1. The second-order valence-corrected chi connectivity index (χ2v) is 5.75. The van der Waals surface area contributed by atoms with Gasteiger partial charge in [0.05, 0.1) is 6.61 Å². The Morgan fingerprint density at radius 2 is 2.12 bits per heavy atom. The molecule has 1 aromatic carbocycles. The maximum atomic E-state index is 12.3. The standard InChI is InChI=1S/C17H19N5O4/c1-3-26-16(24)14-10-13(19-20-14)15(23)18-11-5-4-6-12(9-11)22-8-7-21(2)17(22)25/h4-6,9-10H,3,7-8H2,1-2H3,(H,18,23)(H,19,20). The Kier molecular flexibility index (Phi) is 4.87. The highest BCUT2D eigenvalue weighted by Gasteiger charge is 2.26. The first kappa shape index (κ1) is 17.5. The van der Waals surface area contributed by atoms with E-state index in [4.69, 9.17) is 4.74 Å². The van der Waals surface area contributed by atoms with Crippen molar-refractivity contribution in [1.82, 2.24) is 15.1 Å². The number of likely N-dealkylation sites (N-methyl/N-ethyl adjacent to an activating group) is 1. The molecule has 9 heteroatoms. The summed E-state index contributed by atoms with van der Waals surface area (Å²) in [4.78, 5) is 39.3. The third kappa shape index (κ3) is 3.51. The second kappa shape index (κ2) is 7.26. The first-order valence-electron chi connectivity index (χ1n) is 8.16. The van der Waals surface area contributed by atoms with Gasteiger partial charge in [0, 0.05) is 37.6 Å². The van der Waals surface area contributed by atoms with Crippen LogP contribution in [0.3, 0.4) is 0 Å². The fraction of sp³-hybridized carbons (Fsp3) is 0.294. The van der Waals surface area contributed by atoms with E-state index in [2.05, 4.69) is 15.5 Å². The van der Waals surface area contributed by atoms with Gasteiger partial charge >= 0.3 is 12.0 Å². The van der Waals surface area contributed by atoms with Gasteiger partial charge in [-0.1, -0.05) is 6.07 Å². The zero-order chi connectivity index (χ0) is 18.7. The third-order valence-corrected chi connectivity index (χ3v) is 3.94. The summed E-state index contributed by atoms with van der Waals surface area (Å²) in [5.41, 5.74) is 1.40. The Bertz CT molecular complexity index is 847. The van der Waals surface area contributed by atoms with Crippen molar-refractivity contribution in [3.63, 3.8) is 0 Å². The summed E-state index contributed by atoms with van der Waals surface area (Å²) < 4.78 is 4.85. The highest BCUT2D eigenvalue weighted by atomic mass is 16.5. The number of rotatable bonds is 5. The summed E-state index contributed by atoms with van der Waals surface area (Å²) in [5, 5.41) is 9.02. The van der Waals surface area contributed by atoms with Crippen molar-refractivity contribution in [1.29, 1.82) is 0 Å². The van der Waals surface area contributed by atoms with Gasteiger partial charge in [-0.05, 0) is 25.1 Å². The van der Waals surface area contributed by atoms with E-state index in [1.54, 1.807) is 48.0 Å². The van der Waals surface area contributed by atoms with E-state index in [1.165, 1.54) is 6.07 Å². The number of carbonyl (C=O) groups is 3. The van der Waals surface area contributed by atoms with E-state index >= 15 is 0 Å². The smallest absolute Gasteiger partial charge is 0.356 e. The van der Waals surface area contributed by atoms with Crippen LogP contribution in [0.2, 0.25) is 0 Å². The number of carbonyl (C=O) groups excluding carboxylic acids is 3. The molecule has 1 fully saturated rings. The number of amides is 3. The molecule has 2 N–H and O–H groups in total. The minimum Gasteiger partial charge on any atom is -0.461 e. The SMILES string of the molecule is CCOC(=O)c1cc(C(=O)Nc2cccc(N3CCN(C)C3=O)c2)n[nH]1. The molecule has 0 unspecified atom stereocenters. The van der Waals surface area contributed by atoms with Crippen molar-refractivity contribution < 1.29 is 19.1 Å². The summed E-state index contributed by atoms with van der Waals surface area (Å²) in [6, 6.07) is 8.24. The predicted octanol–water partition coefficient (Wildman–Crippen LogP) is 1.71. The zero-order valence-corrected chi connectivity index (χ0v) is 14.5. The Balaban J connectivity index is 1.71. The number of nitrogens with one attached hydrogen (secondary N) is 2. The van der Waals surface area contributed by atoms with Crippen molar-refractivity contribution in [3.05, 3.63) is 41.7 Å². The summed E-state index contributed by atoms with van der Waals surface area (Å²) in [5.74, 6) is -1.04. The number of urea groups is 1. The monoisotopic (exact) mass is 357 g/mol. The van der Waals surface area contributed by atoms with Crippen molar-refractivity contribution in [2.75, 3.05) is 37.0 Å². The maximum Gasteiger partial charge on any atom is 0.356 e. The fourth-order valence-electron chi connectivity index (χ4n) is 2.59. The number of benzene rings is 1. The lowest BCUT2D eigenvalue weighted by molar-refractivity contribution is 0.0519. The summed E-state index contributed by atoms with van der Waals surface area (Å²) in [6.07, 6.45) is 0. The first-order valence-corrected chi connectivity index (χ1v) is 8.16. The van der Waals surface area contributed by atoms with Crippen LogP contribution in [-0.2, 0) is 4.74 Å². The van der Waals surface area contributed by atoms with Crippen LogP contribution in [0.5, 0.6) is 0 Å². The predicted molar refractivity (Wildman–Crippen MR) is 94.3 cm³/mol. The number of nitrogens with zero attached hydrogens (tertiary/aromatic N) is 3. The molecule has 1 aliphatic rings. The van der Waals surface area contributed by atoms with Crippen LogP contribution >= 0.6 is 0 Å². The Morgan fingerprint density at radius 3 is 2.81 bits per heavy atom. The molecule has 2 heterocycles. The molecular formula is C17H19N5O4. The lowest BCUT2D eigenvalue weighted by Crippen LogP contribution is -2.29. The lowest BCUT2D eigenvalue weighted by atomic mass is 10.2. The van der Waals surface area contributed by atoms with Gasteiger partial charge < -0.3 is 15.0 Å². The van der Waals surface area contributed by atoms with Gasteiger partial charge in [-0.25, -0.2) is 9.59 Å². The molecule has 9 nitrogen and oxygen atoms in total. The van der Waals surface area contributed by atoms with Crippen LogP contribution in [0.15, 0.2) is 30.3 Å². The van der Waals surface area contributed by atoms with Crippen molar-refractivity contribution in [2.24, 2.45) is 0 Å². The van der Waals surface area contributed by atoms with Gasteiger partial charge in [-0.15, -0.1) is 0 Å². The van der Waals surface area contributed by atoms with E-state index in [0.717, 1.165) is 0 Å². The van der Waals surface area contributed by atoms with Crippen molar-refractivity contribution in [3.8, 4) is 0 Å². The quantitative estimate of drug-likeness (QED) is 0.792. The molecule has 0 spiro atoms. The highest BCUT2D eigenvalue weighted by Crippen LogP contribution is 2.23. The van der Waals surface area contributed by atoms with E-state index in [9.17, 15) is 14.4 Å². The average Bonchev–Trinajstić information content (AvgIpc) is 3.24. The van der Waals surface area contributed by atoms with Gasteiger partial charge in [0.15, 0.2) is 5.69 Å². The van der Waals surface area contributed by atoms with E-state index in [-0.39, 0.29) is 24.0 Å². The molecule has 0 radical (unpaired) electrons. The van der Waals surface area contributed by atoms with Gasteiger partial charge in [0.25, 0.3) is 5.91 Å². The topological polar surface area (TPSA) is 108 Å². The molecule has 1 aromatic heterocycles.